The first-order chi connectivity index (χ1) is 14.6. The van der Waals surface area contributed by atoms with Crippen LogP contribution in [-0.2, 0) is 11.2 Å². The van der Waals surface area contributed by atoms with Gasteiger partial charge in [-0.15, -0.1) is 0 Å². The number of benzene rings is 1. The second-order valence-electron chi connectivity index (χ2n) is 8.69. The summed E-state index contributed by atoms with van der Waals surface area (Å²) in [7, 11) is 0. The average Bonchev–Trinajstić information content (AvgIpc) is 3.38. The number of alkyl carbamates (subject to hydrolysis) is 1. The van der Waals surface area contributed by atoms with E-state index in [0.29, 0.717) is 38.8 Å². The first-order valence-electron chi connectivity index (χ1n) is 9.99. The highest BCUT2D eigenvalue weighted by Crippen LogP contribution is 2.41. The zero-order valence-corrected chi connectivity index (χ0v) is 18.9. The van der Waals surface area contributed by atoms with Crippen LogP contribution >= 0.6 is 15.9 Å². The maximum Gasteiger partial charge on any atom is 0.408 e. The maximum atomic E-state index is 13.7. The number of oxazole rings is 1. The molecule has 164 valence electrons. The highest BCUT2D eigenvalue weighted by atomic mass is 79.9. The molecule has 0 bridgehead atoms. The zero-order valence-electron chi connectivity index (χ0n) is 17.3. The summed E-state index contributed by atoms with van der Waals surface area (Å²) in [5.74, 6) is -0.423. The molecule has 0 unspecified atom stereocenters. The quantitative estimate of drug-likeness (QED) is 0.475. The molecule has 2 heterocycles. The minimum atomic E-state index is -0.732. The van der Waals surface area contributed by atoms with Crippen molar-refractivity contribution in [1.82, 2.24) is 15.3 Å². The first kappa shape index (κ1) is 21.7. The summed E-state index contributed by atoms with van der Waals surface area (Å²) in [4.78, 5) is 21.5. The van der Waals surface area contributed by atoms with Crippen molar-refractivity contribution < 1.29 is 22.7 Å². The number of rotatable bonds is 5. The number of halogens is 3. The lowest BCUT2D eigenvalue weighted by molar-refractivity contribution is 0.0502. The van der Waals surface area contributed by atoms with E-state index in [2.05, 4.69) is 31.2 Å². The molecule has 0 radical (unpaired) electrons. The van der Waals surface area contributed by atoms with E-state index in [0.717, 1.165) is 18.9 Å². The molecule has 1 fully saturated rings. The minimum Gasteiger partial charge on any atom is -0.444 e. The Hall–Kier alpha value is -2.55. The van der Waals surface area contributed by atoms with Crippen LogP contribution in [0.1, 0.15) is 62.7 Å². The average molecular weight is 494 g/mol. The number of nitrogens with one attached hydrogen (secondary N) is 1. The molecule has 0 aliphatic heterocycles. The normalized spacial score (nSPS) is 15.2. The number of nitrogens with zero attached hydrogens (tertiary/aromatic N) is 2. The van der Waals surface area contributed by atoms with Crippen molar-refractivity contribution in [3.63, 3.8) is 0 Å². The third-order valence-corrected chi connectivity index (χ3v) is 5.33. The predicted octanol–water partition coefficient (Wildman–Crippen LogP) is 5.95. The summed E-state index contributed by atoms with van der Waals surface area (Å²) >= 11 is 3.49. The van der Waals surface area contributed by atoms with E-state index in [1.165, 1.54) is 12.1 Å². The Labute approximate surface area is 186 Å². The van der Waals surface area contributed by atoms with Crippen LogP contribution in [0.2, 0.25) is 0 Å². The number of pyridine rings is 1. The smallest absolute Gasteiger partial charge is 0.408 e. The van der Waals surface area contributed by atoms with Crippen LogP contribution in [-0.4, -0.2) is 21.7 Å². The molecule has 9 heteroatoms. The molecule has 1 aliphatic carbocycles. The molecule has 0 saturated heterocycles. The molecule has 1 N–H and O–H groups in total. The van der Waals surface area contributed by atoms with Gasteiger partial charge in [0.25, 0.3) is 0 Å². The fraction of sp³-hybridized carbons (Fsp3) is 0.409. The van der Waals surface area contributed by atoms with Gasteiger partial charge in [0, 0.05) is 16.5 Å². The van der Waals surface area contributed by atoms with Crippen molar-refractivity contribution in [2.24, 2.45) is 0 Å². The van der Waals surface area contributed by atoms with Crippen molar-refractivity contribution >= 4 is 33.3 Å². The molecule has 6 nitrogen and oxygen atoms in total. The third kappa shape index (κ3) is 5.39. The SMILES string of the molecule is CC(C)(C)OC(=O)N[C@@H](Cc1cc(F)cc(F)c1)c1nc2oc(C3CC3)nc2cc1Br. The molecular formula is C22H22BrF2N3O3. The molecule has 1 aliphatic rings. The van der Waals surface area contributed by atoms with Gasteiger partial charge in [-0.2, -0.15) is 0 Å². The number of carbonyl (C=O) groups is 1. The van der Waals surface area contributed by atoms with Gasteiger partial charge in [0.15, 0.2) is 0 Å². The van der Waals surface area contributed by atoms with Gasteiger partial charge in [0.1, 0.15) is 22.8 Å². The molecular weight excluding hydrogens is 472 g/mol. The van der Waals surface area contributed by atoms with E-state index in [9.17, 15) is 13.6 Å². The van der Waals surface area contributed by atoms with Crippen molar-refractivity contribution in [1.29, 1.82) is 0 Å². The Bertz CT molecular complexity index is 1120. The lowest BCUT2D eigenvalue weighted by Gasteiger charge is -2.24. The van der Waals surface area contributed by atoms with Gasteiger partial charge in [-0.1, -0.05) is 0 Å². The summed E-state index contributed by atoms with van der Waals surface area (Å²) in [6, 6.07) is 4.28. The van der Waals surface area contributed by atoms with Gasteiger partial charge < -0.3 is 14.5 Å². The maximum absolute atomic E-state index is 13.7. The molecule has 1 amide bonds. The second-order valence-corrected chi connectivity index (χ2v) is 9.54. The molecule has 1 aromatic carbocycles. The fourth-order valence-corrected chi connectivity index (χ4v) is 3.83. The standard InChI is InChI=1S/C22H22BrF2N3O3/c1-22(2,3)31-21(29)27-16(8-11-6-13(24)9-14(25)7-11)18-15(23)10-17-20(28-18)30-19(26-17)12-4-5-12/h6-7,9-10,12,16H,4-5,8H2,1-3H3,(H,27,29)/t16-/m0/s1. The molecule has 3 aromatic rings. The monoisotopic (exact) mass is 493 g/mol. The Balaban J connectivity index is 1.69. The Morgan fingerprint density at radius 3 is 2.52 bits per heavy atom. The first-order valence-corrected chi connectivity index (χ1v) is 10.8. The largest absolute Gasteiger partial charge is 0.444 e. The van der Waals surface area contributed by atoms with Gasteiger partial charge in [-0.05, 0) is 79.7 Å². The Morgan fingerprint density at radius 2 is 1.90 bits per heavy atom. The lowest BCUT2D eigenvalue weighted by atomic mass is 10.0. The predicted molar refractivity (Wildman–Crippen MR) is 114 cm³/mol. The molecule has 1 saturated carbocycles. The van der Waals surface area contributed by atoms with Crippen LogP contribution < -0.4 is 5.32 Å². The summed E-state index contributed by atoms with van der Waals surface area (Å²) in [6.07, 6.45) is 1.50. The topological polar surface area (TPSA) is 77.2 Å². The number of amides is 1. The molecule has 1 atom stereocenters. The van der Waals surface area contributed by atoms with E-state index in [1.54, 1.807) is 26.8 Å². The molecule has 0 spiro atoms. The lowest BCUT2D eigenvalue weighted by Crippen LogP contribution is -2.36. The van der Waals surface area contributed by atoms with Crippen LogP contribution in [0.15, 0.2) is 33.2 Å². The summed E-state index contributed by atoms with van der Waals surface area (Å²) < 4.78 is 39.2. The Kier molecular flexibility index (Phi) is 5.72. The van der Waals surface area contributed by atoms with Gasteiger partial charge >= 0.3 is 6.09 Å². The van der Waals surface area contributed by atoms with Crippen LogP contribution in [0.3, 0.4) is 0 Å². The molecule has 4 rings (SSSR count). The third-order valence-electron chi connectivity index (χ3n) is 4.69. The number of carbonyl (C=O) groups excluding carboxylic acids is 1. The second kappa shape index (κ2) is 8.18. The van der Waals surface area contributed by atoms with Gasteiger partial charge in [0.05, 0.1) is 11.7 Å². The van der Waals surface area contributed by atoms with Gasteiger partial charge in [0.2, 0.25) is 11.6 Å². The van der Waals surface area contributed by atoms with E-state index < -0.39 is 29.4 Å². The number of aromatic nitrogens is 2. The van der Waals surface area contributed by atoms with Crippen LogP contribution in [0, 0.1) is 11.6 Å². The number of ether oxygens (including phenoxy) is 1. The highest BCUT2D eigenvalue weighted by molar-refractivity contribution is 9.10. The summed E-state index contributed by atoms with van der Waals surface area (Å²) in [5, 5.41) is 2.76. The molecule has 2 aromatic heterocycles. The summed E-state index contributed by atoms with van der Waals surface area (Å²) in [5.41, 5.74) is 1.05. The van der Waals surface area contributed by atoms with Crippen molar-refractivity contribution in [3.05, 3.63) is 57.5 Å². The van der Waals surface area contributed by atoms with Crippen LogP contribution in [0.5, 0.6) is 0 Å². The minimum absolute atomic E-state index is 0.0919. The number of hydrogen-bond donors (Lipinski definition) is 1. The van der Waals surface area contributed by atoms with Crippen LogP contribution in [0.25, 0.3) is 11.2 Å². The molecule has 31 heavy (non-hydrogen) atoms. The van der Waals surface area contributed by atoms with Crippen molar-refractivity contribution in [2.45, 2.75) is 57.6 Å². The van der Waals surface area contributed by atoms with Crippen molar-refractivity contribution in [3.8, 4) is 0 Å². The van der Waals surface area contributed by atoms with Crippen molar-refractivity contribution in [2.75, 3.05) is 0 Å². The van der Waals surface area contributed by atoms with E-state index in [4.69, 9.17) is 9.15 Å². The summed E-state index contributed by atoms with van der Waals surface area (Å²) in [6.45, 7) is 5.24. The van der Waals surface area contributed by atoms with Crippen LogP contribution in [0.4, 0.5) is 13.6 Å². The van der Waals surface area contributed by atoms with E-state index >= 15 is 0 Å². The zero-order chi connectivity index (χ0) is 22.3. The number of hydrogen-bond acceptors (Lipinski definition) is 5. The van der Waals surface area contributed by atoms with E-state index in [1.807, 2.05) is 0 Å². The highest BCUT2D eigenvalue weighted by Gasteiger charge is 2.30. The van der Waals surface area contributed by atoms with E-state index in [-0.39, 0.29) is 6.42 Å². The Morgan fingerprint density at radius 1 is 1.23 bits per heavy atom. The fourth-order valence-electron chi connectivity index (χ4n) is 3.25. The van der Waals surface area contributed by atoms with Gasteiger partial charge in [-0.25, -0.2) is 23.5 Å². The van der Waals surface area contributed by atoms with Gasteiger partial charge in [-0.3, -0.25) is 0 Å². The number of fused-ring (bicyclic) bond motifs is 1.